The molecular weight excluding hydrogens is 424 g/mol. The number of amides is 1. The largest absolute Gasteiger partial charge is 0.507 e. The highest BCUT2D eigenvalue weighted by atomic mass is 35.5. The van der Waals surface area contributed by atoms with Crippen molar-refractivity contribution in [2.24, 2.45) is 0 Å². The van der Waals surface area contributed by atoms with Gasteiger partial charge in [0.05, 0.1) is 22.6 Å². The van der Waals surface area contributed by atoms with Gasteiger partial charge in [-0.3, -0.25) is 19.7 Å². The predicted molar refractivity (Wildman–Crippen MR) is 113 cm³/mol. The molecule has 2 aromatic rings. The second-order valence-corrected chi connectivity index (χ2v) is 7.88. The van der Waals surface area contributed by atoms with Crippen LogP contribution in [0.2, 0.25) is 5.02 Å². The predicted octanol–water partition coefficient (Wildman–Crippen LogP) is 3.85. The molecule has 0 spiro atoms. The minimum atomic E-state index is -0.972. The number of ketones is 1. The van der Waals surface area contributed by atoms with Crippen molar-refractivity contribution in [2.75, 3.05) is 13.2 Å². The van der Waals surface area contributed by atoms with Crippen molar-refractivity contribution in [1.29, 1.82) is 0 Å². The molecule has 0 saturated carbocycles. The maximum Gasteiger partial charge on any atom is 0.295 e. The maximum absolute atomic E-state index is 13.0. The van der Waals surface area contributed by atoms with Gasteiger partial charge in [0.25, 0.3) is 17.4 Å². The van der Waals surface area contributed by atoms with Gasteiger partial charge in [-0.1, -0.05) is 23.7 Å². The lowest BCUT2D eigenvalue weighted by Gasteiger charge is -2.27. The topological polar surface area (TPSA) is 110 Å². The average Bonchev–Trinajstić information content (AvgIpc) is 3.36. The monoisotopic (exact) mass is 442 g/mol. The molecule has 2 fully saturated rings. The molecule has 2 unspecified atom stereocenters. The fourth-order valence-electron chi connectivity index (χ4n) is 3.99. The number of hydrogen-bond donors (Lipinski definition) is 1. The maximum atomic E-state index is 13.0. The third-order valence-electron chi connectivity index (χ3n) is 5.48. The highest BCUT2D eigenvalue weighted by Gasteiger charge is 2.47. The number of aliphatic hydroxyl groups excluding tert-OH is 1. The highest BCUT2D eigenvalue weighted by molar-refractivity contribution is 6.46. The fraction of sp³-hybridized carbons (Fsp3) is 0.273. The lowest BCUT2D eigenvalue weighted by Crippen LogP contribution is -2.36. The summed E-state index contributed by atoms with van der Waals surface area (Å²) in [7, 11) is 0. The Morgan fingerprint density at radius 3 is 2.61 bits per heavy atom. The Balaban J connectivity index is 1.85. The number of aliphatic hydroxyl groups is 1. The van der Waals surface area contributed by atoms with E-state index in [0.29, 0.717) is 22.8 Å². The van der Waals surface area contributed by atoms with Crippen molar-refractivity contribution >= 4 is 34.7 Å². The molecule has 0 bridgehead atoms. The summed E-state index contributed by atoms with van der Waals surface area (Å²) in [6, 6.07) is 10.9. The smallest absolute Gasteiger partial charge is 0.295 e. The molecule has 1 amide bonds. The fourth-order valence-corrected chi connectivity index (χ4v) is 4.12. The highest BCUT2D eigenvalue weighted by Crippen LogP contribution is 2.40. The number of nitro groups is 1. The standard InChI is InChI=1S/C22H19ClN2O6/c23-15-8-6-13(7-9-15)20(26)18-19(14-3-1-4-16(11-14)25(29)30)24(22(28)21(18)27)12-17-5-2-10-31-17/h1,3-4,6-9,11,17,19,26H,2,5,10,12H2/b20-18+. The lowest BCUT2D eigenvalue weighted by atomic mass is 9.95. The zero-order valence-corrected chi connectivity index (χ0v) is 17.1. The minimum absolute atomic E-state index is 0.120. The van der Waals surface area contributed by atoms with Crippen LogP contribution in [0, 0.1) is 10.1 Å². The number of rotatable bonds is 5. The van der Waals surface area contributed by atoms with Gasteiger partial charge >= 0.3 is 0 Å². The van der Waals surface area contributed by atoms with Gasteiger partial charge in [0, 0.05) is 35.9 Å². The quantitative estimate of drug-likeness (QED) is 0.247. The summed E-state index contributed by atoms with van der Waals surface area (Å²) < 4.78 is 5.63. The lowest BCUT2D eigenvalue weighted by molar-refractivity contribution is -0.384. The number of likely N-dealkylation sites (tertiary alicyclic amines) is 1. The van der Waals surface area contributed by atoms with E-state index in [1.165, 1.54) is 35.2 Å². The van der Waals surface area contributed by atoms with Gasteiger partial charge in [-0.05, 0) is 42.7 Å². The van der Waals surface area contributed by atoms with Crippen molar-refractivity contribution < 1.29 is 24.4 Å². The number of non-ortho nitro benzene ring substituents is 1. The Hall–Kier alpha value is -3.23. The molecule has 1 N–H and O–H groups in total. The van der Waals surface area contributed by atoms with E-state index >= 15 is 0 Å². The third kappa shape index (κ3) is 4.04. The average molecular weight is 443 g/mol. The van der Waals surface area contributed by atoms with Gasteiger partial charge in [-0.2, -0.15) is 0 Å². The number of halogens is 1. The van der Waals surface area contributed by atoms with E-state index in [1.54, 1.807) is 18.2 Å². The first kappa shape index (κ1) is 21.0. The van der Waals surface area contributed by atoms with E-state index in [2.05, 4.69) is 0 Å². The molecule has 2 aliphatic rings. The first-order valence-corrected chi connectivity index (χ1v) is 10.1. The van der Waals surface area contributed by atoms with Crippen molar-refractivity contribution in [3.8, 4) is 0 Å². The van der Waals surface area contributed by atoms with Crippen LogP contribution in [0.15, 0.2) is 54.1 Å². The van der Waals surface area contributed by atoms with Gasteiger partial charge in [-0.25, -0.2) is 0 Å². The summed E-state index contributed by atoms with van der Waals surface area (Å²) >= 11 is 5.91. The Morgan fingerprint density at radius 2 is 1.97 bits per heavy atom. The number of nitro benzene ring substituents is 1. The van der Waals surface area contributed by atoms with Crippen LogP contribution in [0.25, 0.3) is 5.76 Å². The minimum Gasteiger partial charge on any atom is -0.507 e. The van der Waals surface area contributed by atoms with Crippen molar-refractivity contribution in [3.05, 3.63) is 80.4 Å². The molecule has 2 atom stereocenters. The molecule has 0 radical (unpaired) electrons. The van der Waals surface area contributed by atoms with E-state index in [-0.39, 0.29) is 29.7 Å². The Morgan fingerprint density at radius 1 is 1.23 bits per heavy atom. The van der Waals surface area contributed by atoms with Gasteiger partial charge < -0.3 is 14.7 Å². The van der Waals surface area contributed by atoms with Crippen LogP contribution in [0.4, 0.5) is 5.69 Å². The Bertz CT molecular complexity index is 1080. The third-order valence-corrected chi connectivity index (χ3v) is 5.73. The molecule has 9 heteroatoms. The van der Waals surface area contributed by atoms with Crippen LogP contribution in [-0.4, -0.2) is 45.9 Å². The molecule has 2 saturated heterocycles. The molecule has 31 heavy (non-hydrogen) atoms. The van der Waals surface area contributed by atoms with Crippen molar-refractivity contribution in [2.45, 2.75) is 25.0 Å². The second kappa shape index (κ2) is 8.49. The molecule has 0 aromatic heterocycles. The number of nitrogens with zero attached hydrogens (tertiary/aromatic N) is 2. The van der Waals surface area contributed by atoms with Crippen molar-refractivity contribution in [3.63, 3.8) is 0 Å². The van der Waals surface area contributed by atoms with Crippen LogP contribution in [0.5, 0.6) is 0 Å². The van der Waals surface area contributed by atoms with Gasteiger partial charge in [-0.15, -0.1) is 0 Å². The number of benzene rings is 2. The first-order valence-electron chi connectivity index (χ1n) is 9.77. The van der Waals surface area contributed by atoms with Gasteiger partial charge in [0.15, 0.2) is 0 Å². The Labute approximate surface area is 182 Å². The summed E-state index contributed by atoms with van der Waals surface area (Å²) in [6.07, 6.45) is 1.35. The number of Topliss-reactive ketones (excluding diaryl/α,β-unsaturated/α-hetero) is 1. The normalized spacial score (nSPS) is 22.8. The SMILES string of the molecule is O=C1C(=O)N(CC2CCCO2)C(c2cccc([N+](=O)[O-])c2)/C1=C(\O)c1ccc(Cl)cc1. The summed E-state index contributed by atoms with van der Waals surface area (Å²) in [5.41, 5.74) is 0.384. The van der Waals surface area contributed by atoms with Gasteiger partial charge in [0.1, 0.15) is 5.76 Å². The van der Waals surface area contributed by atoms with E-state index in [1.807, 2.05) is 0 Å². The summed E-state index contributed by atoms with van der Waals surface area (Å²) in [4.78, 5) is 38.0. The van der Waals surface area contributed by atoms with Crippen LogP contribution in [0.1, 0.15) is 30.0 Å². The summed E-state index contributed by atoms with van der Waals surface area (Å²) in [5.74, 6) is -1.98. The molecule has 8 nitrogen and oxygen atoms in total. The van der Waals surface area contributed by atoms with E-state index < -0.39 is 22.7 Å². The number of carbonyl (C=O) groups excluding carboxylic acids is 2. The van der Waals surface area contributed by atoms with Crippen LogP contribution in [0.3, 0.4) is 0 Å². The van der Waals surface area contributed by atoms with Crippen LogP contribution >= 0.6 is 11.6 Å². The summed E-state index contributed by atoms with van der Waals surface area (Å²) in [6.45, 7) is 0.718. The second-order valence-electron chi connectivity index (χ2n) is 7.45. The number of carbonyl (C=O) groups is 2. The van der Waals surface area contributed by atoms with E-state index in [4.69, 9.17) is 16.3 Å². The molecule has 4 rings (SSSR count). The first-order chi connectivity index (χ1) is 14.9. The molecule has 2 aliphatic heterocycles. The number of hydrogen-bond acceptors (Lipinski definition) is 6. The molecule has 0 aliphatic carbocycles. The Kier molecular flexibility index (Phi) is 5.75. The van der Waals surface area contributed by atoms with Crippen molar-refractivity contribution in [1.82, 2.24) is 4.90 Å². The van der Waals surface area contributed by atoms with Gasteiger partial charge in [0.2, 0.25) is 0 Å². The number of ether oxygens (including phenoxy) is 1. The zero-order chi connectivity index (χ0) is 22.1. The molecule has 160 valence electrons. The van der Waals surface area contributed by atoms with E-state index in [9.17, 15) is 24.8 Å². The molecule has 2 aromatic carbocycles. The molecular formula is C22H19ClN2O6. The van der Waals surface area contributed by atoms with Crippen LogP contribution in [-0.2, 0) is 14.3 Å². The van der Waals surface area contributed by atoms with Crippen LogP contribution < -0.4 is 0 Å². The molecule has 2 heterocycles. The zero-order valence-electron chi connectivity index (χ0n) is 16.4. The summed E-state index contributed by atoms with van der Waals surface area (Å²) in [5, 5.41) is 22.7. The van der Waals surface area contributed by atoms with E-state index in [0.717, 1.165) is 12.8 Å².